The highest BCUT2D eigenvalue weighted by atomic mass is 16.3. The molecule has 19 heavy (non-hydrogen) atoms. The molecule has 2 atom stereocenters. The number of aliphatic hydroxyl groups excluding tert-OH is 1. The van der Waals surface area contributed by atoms with Gasteiger partial charge in [0.1, 0.15) is 5.52 Å². The molecule has 0 spiro atoms. The third kappa shape index (κ3) is 2.10. The highest BCUT2D eigenvalue weighted by Crippen LogP contribution is 2.33. The van der Waals surface area contributed by atoms with Crippen molar-refractivity contribution in [2.24, 2.45) is 11.8 Å². The Labute approximate surface area is 110 Å². The Balaban J connectivity index is 1.93. The average molecular weight is 262 g/mol. The number of imidazole rings is 1. The number of fused-ring (bicyclic) bond motifs is 1. The molecule has 0 bridgehead atoms. The van der Waals surface area contributed by atoms with Gasteiger partial charge in [0, 0.05) is 13.2 Å². The van der Waals surface area contributed by atoms with Gasteiger partial charge in [0.05, 0.1) is 6.33 Å². The lowest BCUT2D eigenvalue weighted by Crippen LogP contribution is -2.18. The van der Waals surface area contributed by atoms with Gasteiger partial charge in [-0.25, -0.2) is 4.98 Å². The van der Waals surface area contributed by atoms with E-state index in [1.807, 2.05) is 4.57 Å². The summed E-state index contributed by atoms with van der Waals surface area (Å²) >= 11 is 0. The second-order valence-electron chi connectivity index (χ2n) is 5.17. The van der Waals surface area contributed by atoms with Crippen LogP contribution in [0.15, 0.2) is 6.33 Å². The van der Waals surface area contributed by atoms with Crippen molar-refractivity contribution in [3.63, 3.8) is 0 Å². The van der Waals surface area contributed by atoms with Gasteiger partial charge >= 0.3 is 0 Å². The molecule has 5 N–H and O–H groups in total. The van der Waals surface area contributed by atoms with Crippen LogP contribution in [0.3, 0.4) is 0 Å². The number of nitrogen functional groups attached to an aromatic ring is 2. The zero-order chi connectivity index (χ0) is 13.4. The fourth-order valence-corrected chi connectivity index (χ4v) is 2.96. The van der Waals surface area contributed by atoms with Gasteiger partial charge in [-0.1, -0.05) is 6.42 Å². The van der Waals surface area contributed by atoms with Gasteiger partial charge in [-0.05, 0) is 24.7 Å². The number of nitrogens with two attached hydrogens (primary N) is 2. The SMILES string of the molecule is Nc1nc(N)c2ncn(C[C@H]3CCC[C@@H]3CO)c2n1. The predicted octanol–water partition coefficient (Wildman–Crippen LogP) is 0.399. The smallest absolute Gasteiger partial charge is 0.224 e. The lowest BCUT2D eigenvalue weighted by molar-refractivity contribution is 0.185. The molecule has 0 aliphatic heterocycles. The van der Waals surface area contributed by atoms with Gasteiger partial charge < -0.3 is 21.1 Å². The summed E-state index contributed by atoms with van der Waals surface area (Å²) in [4.78, 5) is 12.4. The van der Waals surface area contributed by atoms with Crippen molar-refractivity contribution in [1.29, 1.82) is 0 Å². The van der Waals surface area contributed by atoms with Gasteiger partial charge in [-0.2, -0.15) is 9.97 Å². The third-order valence-electron chi connectivity index (χ3n) is 3.99. The van der Waals surface area contributed by atoms with E-state index < -0.39 is 0 Å². The quantitative estimate of drug-likeness (QED) is 0.737. The molecule has 2 heterocycles. The number of aromatic nitrogens is 4. The Morgan fingerprint density at radius 2 is 2.05 bits per heavy atom. The van der Waals surface area contributed by atoms with Crippen LogP contribution >= 0.6 is 0 Å². The van der Waals surface area contributed by atoms with Crippen LogP contribution < -0.4 is 11.5 Å². The Kier molecular flexibility index (Phi) is 2.98. The highest BCUT2D eigenvalue weighted by Gasteiger charge is 2.27. The third-order valence-corrected chi connectivity index (χ3v) is 3.99. The Hall–Kier alpha value is -1.89. The molecule has 2 aromatic rings. The van der Waals surface area contributed by atoms with Crippen LogP contribution in [0.1, 0.15) is 19.3 Å². The molecule has 1 aliphatic carbocycles. The van der Waals surface area contributed by atoms with Crippen LogP contribution in [0.4, 0.5) is 11.8 Å². The van der Waals surface area contributed by atoms with E-state index in [4.69, 9.17) is 11.5 Å². The molecule has 0 unspecified atom stereocenters. The molecule has 1 fully saturated rings. The molecule has 0 saturated heterocycles. The topological polar surface area (TPSA) is 116 Å². The molecule has 0 amide bonds. The molecule has 3 rings (SSSR count). The van der Waals surface area contributed by atoms with Crippen LogP contribution in [0.25, 0.3) is 11.2 Å². The molecular weight excluding hydrogens is 244 g/mol. The first kappa shape index (κ1) is 12.2. The summed E-state index contributed by atoms with van der Waals surface area (Å²) < 4.78 is 1.96. The summed E-state index contributed by atoms with van der Waals surface area (Å²) in [6.45, 7) is 1.04. The maximum absolute atomic E-state index is 9.38. The Morgan fingerprint density at radius 3 is 2.84 bits per heavy atom. The predicted molar refractivity (Wildman–Crippen MR) is 72.1 cm³/mol. The minimum Gasteiger partial charge on any atom is -0.396 e. The van der Waals surface area contributed by atoms with Crippen molar-refractivity contribution >= 4 is 22.9 Å². The summed E-state index contributed by atoms with van der Waals surface area (Å²) in [5, 5.41) is 9.38. The van der Waals surface area contributed by atoms with E-state index in [9.17, 15) is 5.11 Å². The second-order valence-corrected chi connectivity index (χ2v) is 5.17. The standard InChI is InChI=1S/C12H18N6O/c13-10-9-11(17-12(14)16-10)18(6-15-9)4-7-2-1-3-8(7)5-19/h6-8,19H,1-5H2,(H4,13,14,16,17)/t7-,8-/m1/s1. The van der Waals surface area contributed by atoms with Crippen LogP contribution in [-0.4, -0.2) is 31.2 Å². The summed E-state index contributed by atoms with van der Waals surface area (Å²) in [6.07, 6.45) is 5.11. The monoisotopic (exact) mass is 262 g/mol. The molecule has 0 radical (unpaired) electrons. The normalized spacial score (nSPS) is 23.2. The Morgan fingerprint density at radius 1 is 1.26 bits per heavy atom. The maximum atomic E-state index is 9.38. The summed E-state index contributed by atoms with van der Waals surface area (Å²) in [5.74, 6) is 1.30. The first-order valence-corrected chi connectivity index (χ1v) is 6.53. The number of anilines is 2. The number of hydrogen-bond donors (Lipinski definition) is 3. The zero-order valence-corrected chi connectivity index (χ0v) is 10.7. The first-order chi connectivity index (χ1) is 9.19. The van der Waals surface area contributed by atoms with E-state index in [-0.39, 0.29) is 12.6 Å². The maximum Gasteiger partial charge on any atom is 0.224 e. The van der Waals surface area contributed by atoms with Gasteiger partial charge in [-0.15, -0.1) is 0 Å². The second kappa shape index (κ2) is 4.65. The van der Waals surface area contributed by atoms with Crippen LogP contribution in [-0.2, 0) is 6.54 Å². The van der Waals surface area contributed by atoms with Crippen molar-refractivity contribution in [2.75, 3.05) is 18.1 Å². The van der Waals surface area contributed by atoms with Crippen molar-refractivity contribution < 1.29 is 5.11 Å². The summed E-state index contributed by atoms with van der Waals surface area (Å²) in [5.41, 5.74) is 12.7. The van der Waals surface area contributed by atoms with E-state index >= 15 is 0 Å². The van der Waals surface area contributed by atoms with Gasteiger partial charge in [0.2, 0.25) is 5.95 Å². The lowest BCUT2D eigenvalue weighted by Gasteiger charge is -2.17. The lowest BCUT2D eigenvalue weighted by atomic mass is 9.97. The minimum absolute atomic E-state index is 0.164. The van der Waals surface area contributed by atoms with E-state index in [1.165, 1.54) is 6.42 Å². The molecule has 7 nitrogen and oxygen atoms in total. The number of rotatable bonds is 3. The van der Waals surface area contributed by atoms with E-state index in [0.717, 1.165) is 19.4 Å². The largest absolute Gasteiger partial charge is 0.396 e. The minimum atomic E-state index is 0.164. The van der Waals surface area contributed by atoms with Gasteiger partial charge in [0.25, 0.3) is 0 Å². The number of hydrogen-bond acceptors (Lipinski definition) is 6. The number of nitrogens with zero attached hydrogens (tertiary/aromatic N) is 4. The molecule has 0 aromatic carbocycles. The van der Waals surface area contributed by atoms with E-state index in [1.54, 1.807) is 6.33 Å². The summed E-state index contributed by atoms with van der Waals surface area (Å²) in [7, 11) is 0. The molecule has 1 saturated carbocycles. The van der Waals surface area contributed by atoms with Crippen molar-refractivity contribution in [3.8, 4) is 0 Å². The van der Waals surface area contributed by atoms with Crippen molar-refractivity contribution in [1.82, 2.24) is 19.5 Å². The fraction of sp³-hybridized carbons (Fsp3) is 0.583. The van der Waals surface area contributed by atoms with Gasteiger partial charge in [-0.3, -0.25) is 0 Å². The van der Waals surface area contributed by atoms with E-state index in [2.05, 4.69) is 15.0 Å². The van der Waals surface area contributed by atoms with E-state index in [0.29, 0.717) is 28.8 Å². The first-order valence-electron chi connectivity index (χ1n) is 6.53. The van der Waals surface area contributed by atoms with Crippen LogP contribution in [0.2, 0.25) is 0 Å². The summed E-state index contributed by atoms with van der Waals surface area (Å²) in [6, 6.07) is 0. The van der Waals surface area contributed by atoms with Gasteiger partial charge in [0.15, 0.2) is 11.5 Å². The molecular formula is C12H18N6O. The fourth-order valence-electron chi connectivity index (χ4n) is 2.96. The van der Waals surface area contributed by atoms with Crippen molar-refractivity contribution in [3.05, 3.63) is 6.33 Å². The molecule has 7 heteroatoms. The molecule has 102 valence electrons. The van der Waals surface area contributed by atoms with Crippen molar-refractivity contribution in [2.45, 2.75) is 25.8 Å². The van der Waals surface area contributed by atoms with Crippen LogP contribution in [0.5, 0.6) is 0 Å². The van der Waals surface area contributed by atoms with Crippen LogP contribution in [0, 0.1) is 11.8 Å². The zero-order valence-electron chi connectivity index (χ0n) is 10.7. The highest BCUT2D eigenvalue weighted by molar-refractivity contribution is 5.82. The number of aliphatic hydroxyl groups is 1. The average Bonchev–Trinajstić information content (AvgIpc) is 2.97. The molecule has 2 aromatic heterocycles. The molecule has 1 aliphatic rings. The Bertz CT molecular complexity index is 595.